The highest BCUT2D eigenvalue weighted by molar-refractivity contribution is 6.33. The molecular weight excluding hydrogens is 298 g/mol. The van der Waals surface area contributed by atoms with E-state index in [1.54, 1.807) is 12.1 Å². The van der Waals surface area contributed by atoms with E-state index in [0.717, 1.165) is 11.4 Å². The number of nitrogens with one attached hydrogen (secondary N) is 1. The normalized spacial score (nSPS) is 10.4. The molecule has 2 rings (SSSR count). The predicted octanol–water partition coefficient (Wildman–Crippen LogP) is 4.81. The second kappa shape index (κ2) is 6.33. The molecule has 0 aromatic heterocycles. The first-order valence-electron chi connectivity index (χ1n) is 6.12. The number of benzene rings is 2. The molecule has 0 radical (unpaired) electrons. The Labute approximate surface area is 128 Å². The third kappa shape index (κ3) is 3.56. The lowest BCUT2D eigenvalue weighted by molar-refractivity contribution is 0.613. The van der Waals surface area contributed by atoms with Gasteiger partial charge in [0.1, 0.15) is 5.82 Å². The molecule has 1 N–H and O–H groups in total. The first-order valence-corrected chi connectivity index (χ1v) is 6.87. The van der Waals surface area contributed by atoms with Gasteiger partial charge in [0.2, 0.25) is 0 Å². The fourth-order valence-corrected chi connectivity index (χ4v) is 2.35. The van der Waals surface area contributed by atoms with E-state index in [1.807, 2.05) is 37.2 Å². The zero-order valence-corrected chi connectivity index (χ0v) is 12.8. The maximum atomic E-state index is 13.6. The highest BCUT2D eigenvalue weighted by Crippen LogP contribution is 2.27. The molecule has 0 saturated carbocycles. The van der Waals surface area contributed by atoms with E-state index in [9.17, 15) is 4.39 Å². The minimum Gasteiger partial charge on any atom is -0.381 e. The molecule has 0 heterocycles. The van der Waals surface area contributed by atoms with Gasteiger partial charge in [-0.1, -0.05) is 29.3 Å². The summed E-state index contributed by atoms with van der Waals surface area (Å²) in [6, 6.07) is 10.3. The Morgan fingerprint density at radius 1 is 1.10 bits per heavy atom. The Hall–Kier alpha value is -1.45. The summed E-state index contributed by atoms with van der Waals surface area (Å²) in [5.41, 5.74) is 2.34. The van der Waals surface area contributed by atoms with Gasteiger partial charge in [-0.2, -0.15) is 0 Å². The zero-order chi connectivity index (χ0) is 14.7. The minimum atomic E-state index is -0.319. The summed E-state index contributed by atoms with van der Waals surface area (Å²) in [4.78, 5) is 1.94. The summed E-state index contributed by atoms with van der Waals surface area (Å²) in [5, 5.41) is 4.18. The van der Waals surface area contributed by atoms with Crippen molar-refractivity contribution < 1.29 is 4.39 Å². The van der Waals surface area contributed by atoms with Gasteiger partial charge in [-0.3, -0.25) is 0 Å². The van der Waals surface area contributed by atoms with Crippen LogP contribution in [0.5, 0.6) is 0 Å². The van der Waals surface area contributed by atoms with E-state index in [-0.39, 0.29) is 5.82 Å². The van der Waals surface area contributed by atoms with Gasteiger partial charge in [0.15, 0.2) is 0 Å². The van der Waals surface area contributed by atoms with Crippen molar-refractivity contribution in [1.29, 1.82) is 0 Å². The van der Waals surface area contributed by atoms with E-state index in [4.69, 9.17) is 23.2 Å². The fraction of sp³-hybridized carbons (Fsp3) is 0.200. The molecule has 0 saturated heterocycles. The maximum absolute atomic E-state index is 13.6. The Kier molecular flexibility index (Phi) is 4.73. The van der Waals surface area contributed by atoms with Crippen molar-refractivity contribution in [3.05, 3.63) is 57.8 Å². The fourth-order valence-electron chi connectivity index (χ4n) is 1.84. The van der Waals surface area contributed by atoms with Crippen LogP contribution in [0.15, 0.2) is 36.4 Å². The topological polar surface area (TPSA) is 15.3 Å². The van der Waals surface area contributed by atoms with Gasteiger partial charge in [0.05, 0.1) is 10.7 Å². The maximum Gasteiger partial charge on any atom is 0.129 e. The summed E-state index contributed by atoms with van der Waals surface area (Å²) in [5.74, 6) is -0.319. The van der Waals surface area contributed by atoms with Crippen LogP contribution in [0, 0.1) is 5.82 Å². The first-order chi connectivity index (χ1) is 9.47. The Morgan fingerprint density at radius 2 is 1.85 bits per heavy atom. The smallest absolute Gasteiger partial charge is 0.129 e. The molecule has 0 spiro atoms. The third-order valence-electron chi connectivity index (χ3n) is 2.93. The van der Waals surface area contributed by atoms with Crippen LogP contribution in [0.3, 0.4) is 0 Å². The van der Waals surface area contributed by atoms with Crippen molar-refractivity contribution in [3.63, 3.8) is 0 Å². The van der Waals surface area contributed by atoms with Crippen LogP contribution in [0.2, 0.25) is 10.0 Å². The largest absolute Gasteiger partial charge is 0.381 e. The average Bonchev–Trinajstić information content (AvgIpc) is 2.37. The Morgan fingerprint density at radius 3 is 2.45 bits per heavy atom. The van der Waals surface area contributed by atoms with Gasteiger partial charge < -0.3 is 10.2 Å². The van der Waals surface area contributed by atoms with Crippen LogP contribution in [0.4, 0.5) is 15.8 Å². The standard InChI is InChI=1S/C15H15Cl2FN2/c1-20(2)15-6-5-12(8-13(15)17)19-9-10-3-4-11(16)7-14(10)18/h3-8,19H,9H2,1-2H3. The molecule has 2 nitrogen and oxygen atoms in total. The first kappa shape index (κ1) is 14.9. The second-order valence-corrected chi connectivity index (χ2v) is 5.49. The van der Waals surface area contributed by atoms with Crippen LogP contribution < -0.4 is 10.2 Å². The number of nitrogens with zero attached hydrogens (tertiary/aromatic N) is 1. The van der Waals surface area contributed by atoms with E-state index in [0.29, 0.717) is 22.2 Å². The molecule has 2 aromatic rings. The summed E-state index contributed by atoms with van der Waals surface area (Å²) >= 11 is 11.9. The van der Waals surface area contributed by atoms with Gasteiger partial charge >= 0.3 is 0 Å². The lowest BCUT2D eigenvalue weighted by Crippen LogP contribution is -2.09. The molecule has 0 aliphatic rings. The second-order valence-electron chi connectivity index (χ2n) is 4.65. The van der Waals surface area contributed by atoms with Crippen LogP contribution in [-0.2, 0) is 6.54 Å². The molecule has 2 aromatic carbocycles. The molecule has 0 unspecified atom stereocenters. The SMILES string of the molecule is CN(C)c1ccc(NCc2ccc(Cl)cc2F)cc1Cl. The van der Waals surface area contributed by atoms with Crippen LogP contribution >= 0.6 is 23.2 Å². The molecular formula is C15H15Cl2FN2. The molecule has 0 fully saturated rings. The minimum absolute atomic E-state index is 0.319. The van der Waals surface area contributed by atoms with Crippen molar-refractivity contribution in [1.82, 2.24) is 0 Å². The molecule has 0 atom stereocenters. The van der Waals surface area contributed by atoms with Gasteiger partial charge in [0, 0.05) is 36.9 Å². The van der Waals surface area contributed by atoms with Gasteiger partial charge in [-0.05, 0) is 30.3 Å². The number of hydrogen-bond acceptors (Lipinski definition) is 2. The number of anilines is 2. The highest BCUT2D eigenvalue weighted by atomic mass is 35.5. The van der Waals surface area contributed by atoms with Crippen molar-refractivity contribution in [2.75, 3.05) is 24.3 Å². The molecule has 106 valence electrons. The van der Waals surface area contributed by atoms with Crippen LogP contribution in [0.1, 0.15) is 5.56 Å². The number of rotatable bonds is 4. The Balaban J connectivity index is 2.09. The molecule has 5 heteroatoms. The molecule has 0 bridgehead atoms. The Bertz CT molecular complexity index is 615. The van der Waals surface area contributed by atoms with Crippen molar-refractivity contribution >= 4 is 34.6 Å². The summed E-state index contributed by atoms with van der Waals surface area (Å²) < 4.78 is 13.6. The van der Waals surface area contributed by atoms with Crippen LogP contribution in [0.25, 0.3) is 0 Å². The predicted molar refractivity (Wildman–Crippen MR) is 84.5 cm³/mol. The van der Waals surface area contributed by atoms with Gasteiger partial charge in [-0.15, -0.1) is 0 Å². The number of halogens is 3. The zero-order valence-electron chi connectivity index (χ0n) is 11.3. The van der Waals surface area contributed by atoms with E-state index in [2.05, 4.69) is 5.32 Å². The van der Waals surface area contributed by atoms with E-state index < -0.39 is 0 Å². The summed E-state index contributed by atoms with van der Waals surface area (Å²) in [7, 11) is 3.86. The monoisotopic (exact) mass is 312 g/mol. The van der Waals surface area contributed by atoms with Crippen LogP contribution in [-0.4, -0.2) is 14.1 Å². The molecule has 20 heavy (non-hydrogen) atoms. The number of hydrogen-bond donors (Lipinski definition) is 1. The van der Waals surface area contributed by atoms with E-state index in [1.165, 1.54) is 6.07 Å². The average molecular weight is 313 g/mol. The molecule has 0 aliphatic heterocycles. The van der Waals surface area contributed by atoms with Crippen molar-refractivity contribution in [2.24, 2.45) is 0 Å². The summed E-state index contributed by atoms with van der Waals surface area (Å²) in [6.07, 6.45) is 0. The molecule has 0 amide bonds. The highest BCUT2D eigenvalue weighted by Gasteiger charge is 2.05. The van der Waals surface area contributed by atoms with Gasteiger partial charge in [-0.25, -0.2) is 4.39 Å². The lowest BCUT2D eigenvalue weighted by Gasteiger charge is -2.16. The van der Waals surface area contributed by atoms with Crippen molar-refractivity contribution in [2.45, 2.75) is 6.54 Å². The summed E-state index contributed by atoms with van der Waals surface area (Å²) in [6.45, 7) is 0.376. The molecule has 0 aliphatic carbocycles. The van der Waals surface area contributed by atoms with E-state index >= 15 is 0 Å². The third-order valence-corrected chi connectivity index (χ3v) is 3.47. The quantitative estimate of drug-likeness (QED) is 0.871. The van der Waals surface area contributed by atoms with Gasteiger partial charge in [0.25, 0.3) is 0 Å². The lowest BCUT2D eigenvalue weighted by atomic mass is 10.2. The van der Waals surface area contributed by atoms with Crippen molar-refractivity contribution in [3.8, 4) is 0 Å².